The Bertz CT molecular complexity index is 547. The minimum Gasteiger partial charge on any atom is -0.496 e. The van der Waals surface area contributed by atoms with Gasteiger partial charge < -0.3 is 9.47 Å². The molecule has 3 N–H and O–H groups in total. The maximum Gasteiger partial charge on any atom is 0.127 e. The van der Waals surface area contributed by atoms with Crippen LogP contribution in [-0.2, 0) is 6.42 Å². The van der Waals surface area contributed by atoms with Crippen molar-refractivity contribution in [1.29, 1.82) is 0 Å². The number of nitrogens with one attached hydrogen (secondary N) is 1. The van der Waals surface area contributed by atoms with Crippen LogP contribution in [0, 0.1) is 0 Å². The second-order valence-electron chi connectivity index (χ2n) is 4.34. The van der Waals surface area contributed by atoms with E-state index < -0.39 is 0 Å². The van der Waals surface area contributed by atoms with Gasteiger partial charge in [0.15, 0.2) is 0 Å². The lowest BCUT2D eigenvalue weighted by Gasteiger charge is -2.21. The van der Waals surface area contributed by atoms with E-state index in [0.717, 1.165) is 23.5 Å². The van der Waals surface area contributed by atoms with Crippen LogP contribution in [0.2, 0.25) is 0 Å². The number of ether oxygens (including phenoxy) is 2. The molecule has 0 radical (unpaired) electrons. The number of benzene rings is 1. The third kappa shape index (κ3) is 2.65. The molecule has 0 spiro atoms. The smallest absolute Gasteiger partial charge is 0.127 e. The van der Waals surface area contributed by atoms with Gasteiger partial charge in [-0.1, -0.05) is 13.0 Å². The third-order valence-corrected chi connectivity index (χ3v) is 4.37. The van der Waals surface area contributed by atoms with Gasteiger partial charge in [-0.2, -0.15) is 0 Å². The Balaban J connectivity index is 2.57. The summed E-state index contributed by atoms with van der Waals surface area (Å²) in [6.45, 7) is 2.14. The summed E-state index contributed by atoms with van der Waals surface area (Å²) in [5, 5.41) is 2.08. The molecule has 108 valence electrons. The van der Waals surface area contributed by atoms with Crippen molar-refractivity contribution >= 4 is 11.3 Å². The molecule has 0 fully saturated rings. The molecule has 1 aromatic heterocycles. The molecular formula is C15H20N2O2S. The summed E-state index contributed by atoms with van der Waals surface area (Å²) >= 11 is 1.69. The summed E-state index contributed by atoms with van der Waals surface area (Å²) < 4.78 is 10.9. The fourth-order valence-electron chi connectivity index (χ4n) is 2.35. The van der Waals surface area contributed by atoms with Crippen molar-refractivity contribution < 1.29 is 9.47 Å². The number of nitrogens with two attached hydrogens (primary N) is 1. The Morgan fingerprint density at radius 1 is 1.20 bits per heavy atom. The average Bonchev–Trinajstić information content (AvgIpc) is 2.96. The number of methoxy groups -OCH3 is 2. The molecule has 0 aliphatic rings. The Morgan fingerprint density at radius 2 is 1.85 bits per heavy atom. The topological polar surface area (TPSA) is 56.5 Å². The quantitative estimate of drug-likeness (QED) is 0.635. The predicted octanol–water partition coefficient (Wildman–Crippen LogP) is 2.88. The van der Waals surface area contributed by atoms with E-state index in [0.29, 0.717) is 0 Å². The van der Waals surface area contributed by atoms with Crippen molar-refractivity contribution in [3.8, 4) is 11.5 Å². The highest BCUT2D eigenvalue weighted by Gasteiger charge is 2.24. The number of aryl methyl sites for hydroxylation is 1. The van der Waals surface area contributed by atoms with Gasteiger partial charge in [-0.25, -0.2) is 5.43 Å². The summed E-state index contributed by atoms with van der Waals surface area (Å²) in [5.41, 5.74) is 5.11. The van der Waals surface area contributed by atoms with Crippen LogP contribution < -0.4 is 20.7 Å². The number of rotatable bonds is 6. The maximum absolute atomic E-state index is 5.81. The highest BCUT2D eigenvalue weighted by molar-refractivity contribution is 7.10. The lowest BCUT2D eigenvalue weighted by Crippen LogP contribution is -2.29. The number of hydrazine groups is 1. The van der Waals surface area contributed by atoms with Crippen LogP contribution in [0.25, 0.3) is 0 Å². The van der Waals surface area contributed by atoms with Crippen molar-refractivity contribution in [2.45, 2.75) is 19.4 Å². The first kappa shape index (κ1) is 14.8. The second-order valence-corrected chi connectivity index (χ2v) is 5.29. The molecule has 20 heavy (non-hydrogen) atoms. The third-order valence-electron chi connectivity index (χ3n) is 3.35. The fourth-order valence-corrected chi connectivity index (χ4v) is 3.41. The van der Waals surface area contributed by atoms with Gasteiger partial charge in [0.2, 0.25) is 0 Å². The van der Waals surface area contributed by atoms with Gasteiger partial charge in [0.1, 0.15) is 11.5 Å². The first-order chi connectivity index (χ1) is 9.76. The number of hydrogen-bond donors (Lipinski definition) is 2. The molecule has 2 aromatic rings. The second kappa shape index (κ2) is 6.74. The minimum atomic E-state index is -0.143. The molecular weight excluding hydrogens is 272 g/mol. The monoisotopic (exact) mass is 292 g/mol. The highest BCUT2D eigenvalue weighted by Crippen LogP contribution is 2.39. The van der Waals surface area contributed by atoms with Crippen LogP contribution >= 0.6 is 11.3 Å². The highest BCUT2D eigenvalue weighted by atomic mass is 32.1. The van der Waals surface area contributed by atoms with E-state index in [4.69, 9.17) is 15.3 Å². The molecule has 2 rings (SSSR count). The first-order valence-electron chi connectivity index (χ1n) is 6.50. The zero-order valence-corrected chi connectivity index (χ0v) is 12.8. The predicted molar refractivity (Wildman–Crippen MR) is 82.4 cm³/mol. The van der Waals surface area contributed by atoms with Gasteiger partial charge in [0.25, 0.3) is 0 Å². The largest absolute Gasteiger partial charge is 0.496 e. The normalized spacial score (nSPS) is 12.2. The van der Waals surface area contributed by atoms with E-state index in [1.165, 1.54) is 10.4 Å². The molecule has 0 bridgehead atoms. The van der Waals surface area contributed by atoms with Crippen LogP contribution in [0.5, 0.6) is 11.5 Å². The van der Waals surface area contributed by atoms with E-state index in [1.807, 2.05) is 18.2 Å². The first-order valence-corrected chi connectivity index (χ1v) is 7.38. The standard InChI is InChI=1S/C15H20N2O2S/c1-4-10-8-9-20-15(10)14(17-16)13-11(18-2)6-5-7-12(13)19-3/h5-9,14,17H,4,16H2,1-3H3. The summed E-state index contributed by atoms with van der Waals surface area (Å²) in [7, 11) is 3.31. The Kier molecular flexibility index (Phi) is 5.00. The van der Waals surface area contributed by atoms with Gasteiger partial charge in [-0.3, -0.25) is 5.84 Å². The van der Waals surface area contributed by atoms with Crippen LogP contribution in [0.3, 0.4) is 0 Å². The summed E-state index contributed by atoms with van der Waals surface area (Å²) in [4.78, 5) is 1.19. The van der Waals surface area contributed by atoms with E-state index in [-0.39, 0.29) is 6.04 Å². The van der Waals surface area contributed by atoms with Crippen LogP contribution in [0.4, 0.5) is 0 Å². The molecule has 4 nitrogen and oxygen atoms in total. The van der Waals surface area contributed by atoms with Gasteiger partial charge in [-0.05, 0) is 35.6 Å². The zero-order valence-electron chi connectivity index (χ0n) is 12.0. The van der Waals surface area contributed by atoms with Gasteiger partial charge in [-0.15, -0.1) is 11.3 Å². The molecule has 0 saturated heterocycles. The molecule has 0 saturated carbocycles. The molecule has 0 amide bonds. The lowest BCUT2D eigenvalue weighted by atomic mass is 10.00. The molecule has 1 heterocycles. The van der Waals surface area contributed by atoms with E-state index >= 15 is 0 Å². The molecule has 1 unspecified atom stereocenters. The Hall–Kier alpha value is -1.56. The van der Waals surface area contributed by atoms with Crippen molar-refractivity contribution in [2.24, 2.45) is 5.84 Å². The van der Waals surface area contributed by atoms with Crippen LogP contribution in [0.15, 0.2) is 29.6 Å². The molecule has 5 heteroatoms. The van der Waals surface area contributed by atoms with E-state index in [1.54, 1.807) is 25.6 Å². The Labute approximate surface area is 123 Å². The minimum absolute atomic E-state index is 0.143. The molecule has 0 aliphatic carbocycles. The van der Waals surface area contributed by atoms with Crippen LogP contribution in [0.1, 0.15) is 29.0 Å². The van der Waals surface area contributed by atoms with Crippen molar-refractivity contribution in [1.82, 2.24) is 5.43 Å². The SMILES string of the molecule is CCc1ccsc1C(NN)c1c(OC)cccc1OC. The van der Waals surface area contributed by atoms with Gasteiger partial charge in [0, 0.05) is 4.88 Å². The molecule has 1 atom stereocenters. The van der Waals surface area contributed by atoms with E-state index in [9.17, 15) is 0 Å². The summed E-state index contributed by atoms with van der Waals surface area (Å²) in [5.74, 6) is 7.35. The summed E-state index contributed by atoms with van der Waals surface area (Å²) in [6.07, 6.45) is 0.967. The van der Waals surface area contributed by atoms with Crippen LogP contribution in [-0.4, -0.2) is 14.2 Å². The molecule has 1 aromatic carbocycles. The van der Waals surface area contributed by atoms with Crippen molar-refractivity contribution in [2.75, 3.05) is 14.2 Å². The van der Waals surface area contributed by atoms with Gasteiger partial charge >= 0.3 is 0 Å². The summed E-state index contributed by atoms with van der Waals surface area (Å²) in [6, 6.07) is 7.73. The fraction of sp³-hybridized carbons (Fsp3) is 0.333. The zero-order chi connectivity index (χ0) is 14.5. The van der Waals surface area contributed by atoms with Crippen molar-refractivity contribution in [3.63, 3.8) is 0 Å². The average molecular weight is 292 g/mol. The Morgan fingerprint density at radius 3 is 2.35 bits per heavy atom. The van der Waals surface area contributed by atoms with E-state index in [2.05, 4.69) is 23.8 Å². The van der Waals surface area contributed by atoms with Crippen molar-refractivity contribution in [3.05, 3.63) is 45.6 Å². The number of thiophene rings is 1. The van der Waals surface area contributed by atoms with Gasteiger partial charge in [0.05, 0.1) is 25.8 Å². The molecule has 0 aliphatic heterocycles. The lowest BCUT2D eigenvalue weighted by molar-refractivity contribution is 0.377. The number of hydrogen-bond acceptors (Lipinski definition) is 5. The maximum atomic E-state index is 5.81.